The van der Waals surface area contributed by atoms with Crippen molar-refractivity contribution in [2.75, 3.05) is 12.3 Å². The normalized spacial score (nSPS) is 10.6. The predicted octanol–water partition coefficient (Wildman–Crippen LogP) is 5.28. The van der Waals surface area contributed by atoms with E-state index in [1.54, 1.807) is 0 Å². The lowest BCUT2D eigenvalue weighted by Gasteiger charge is -2.08. The Bertz CT molecular complexity index is 653. The molecular weight excluding hydrogens is 361 g/mol. The van der Waals surface area contributed by atoms with Crippen LogP contribution in [-0.2, 0) is 17.0 Å². The summed E-state index contributed by atoms with van der Waals surface area (Å²) in [5, 5.41) is 4.25. The van der Waals surface area contributed by atoms with Gasteiger partial charge in [0.2, 0.25) is 5.91 Å². The number of nitrogens with one attached hydrogen (secondary N) is 1. The Hall–Kier alpha value is -1.16. The molecule has 0 aliphatic heterocycles. The molecule has 2 nitrogen and oxygen atoms in total. The van der Waals surface area contributed by atoms with Crippen molar-refractivity contribution in [1.29, 1.82) is 0 Å². The van der Waals surface area contributed by atoms with Gasteiger partial charge >= 0.3 is 0 Å². The smallest absolute Gasteiger partial charge is 0.230 e. The molecule has 24 heavy (non-hydrogen) atoms. The molecule has 0 fully saturated rings. The standard InChI is InChI=1S/C19H21Cl2NOS/c1-14-7-9-15(10-8-14)4-3-11-22-19(23)13-24-12-16-17(20)5-2-6-18(16)21/h2,5-10H,3-4,11-13H2,1H3,(H,22,23). The van der Waals surface area contributed by atoms with Crippen LogP contribution in [0.3, 0.4) is 0 Å². The van der Waals surface area contributed by atoms with E-state index in [9.17, 15) is 4.79 Å². The minimum absolute atomic E-state index is 0.0482. The first-order chi connectivity index (χ1) is 11.6. The number of hydrogen-bond acceptors (Lipinski definition) is 2. The van der Waals surface area contributed by atoms with Crippen molar-refractivity contribution in [3.8, 4) is 0 Å². The van der Waals surface area contributed by atoms with Crippen molar-refractivity contribution < 1.29 is 4.79 Å². The van der Waals surface area contributed by atoms with Gasteiger partial charge in [-0.2, -0.15) is 0 Å². The van der Waals surface area contributed by atoms with Crippen molar-refractivity contribution in [3.05, 3.63) is 69.2 Å². The molecule has 0 heterocycles. The molecule has 0 saturated heterocycles. The number of rotatable bonds is 8. The average Bonchev–Trinajstić information content (AvgIpc) is 2.56. The van der Waals surface area contributed by atoms with Crippen LogP contribution in [0.25, 0.3) is 0 Å². The van der Waals surface area contributed by atoms with Gasteiger partial charge < -0.3 is 5.32 Å². The number of carbonyl (C=O) groups excluding carboxylic acids is 1. The quantitative estimate of drug-likeness (QED) is 0.629. The molecule has 0 aliphatic carbocycles. The molecule has 1 amide bonds. The fourth-order valence-corrected chi connectivity index (χ4v) is 3.84. The van der Waals surface area contributed by atoms with Gasteiger partial charge in [-0.3, -0.25) is 4.79 Å². The van der Waals surface area contributed by atoms with Gasteiger partial charge in [-0.05, 0) is 43.0 Å². The number of hydrogen-bond donors (Lipinski definition) is 1. The van der Waals surface area contributed by atoms with Crippen molar-refractivity contribution in [3.63, 3.8) is 0 Å². The number of amides is 1. The molecule has 0 unspecified atom stereocenters. The van der Waals surface area contributed by atoms with Crippen LogP contribution in [0, 0.1) is 6.92 Å². The maximum absolute atomic E-state index is 11.9. The average molecular weight is 382 g/mol. The van der Waals surface area contributed by atoms with E-state index in [-0.39, 0.29) is 5.91 Å². The molecule has 1 N–H and O–H groups in total. The number of benzene rings is 2. The molecule has 0 atom stereocenters. The van der Waals surface area contributed by atoms with Crippen LogP contribution in [0.15, 0.2) is 42.5 Å². The van der Waals surface area contributed by atoms with E-state index in [0.29, 0.717) is 28.1 Å². The maximum atomic E-state index is 11.9. The molecule has 2 aromatic rings. The fourth-order valence-electron chi connectivity index (χ4n) is 2.24. The van der Waals surface area contributed by atoms with Gasteiger partial charge in [0.05, 0.1) is 5.75 Å². The highest BCUT2D eigenvalue weighted by Crippen LogP contribution is 2.28. The molecule has 5 heteroatoms. The van der Waals surface area contributed by atoms with Crippen molar-refractivity contribution in [2.24, 2.45) is 0 Å². The third-order valence-corrected chi connectivity index (χ3v) is 5.29. The zero-order chi connectivity index (χ0) is 17.4. The van der Waals surface area contributed by atoms with E-state index in [4.69, 9.17) is 23.2 Å². The van der Waals surface area contributed by atoms with Crippen LogP contribution < -0.4 is 5.32 Å². The SMILES string of the molecule is Cc1ccc(CCCNC(=O)CSCc2c(Cl)cccc2Cl)cc1. The third kappa shape index (κ3) is 6.39. The third-order valence-electron chi connectivity index (χ3n) is 3.63. The first-order valence-electron chi connectivity index (χ1n) is 7.89. The zero-order valence-electron chi connectivity index (χ0n) is 13.6. The molecular formula is C19H21Cl2NOS. The summed E-state index contributed by atoms with van der Waals surface area (Å²) in [6.07, 6.45) is 1.92. The van der Waals surface area contributed by atoms with Crippen LogP contribution in [0.1, 0.15) is 23.1 Å². The zero-order valence-corrected chi connectivity index (χ0v) is 16.0. The topological polar surface area (TPSA) is 29.1 Å². The van der Waals surface area contributed by atoms with Gasteiger partial charge in [-0.15, -0.1) is 11.8 Å². The number of halogens is 2. The van der Waals surface area contributed by atoms with E-state index in [0.717, 1.165) is 18.4 Å². The van der Waals surface area contributed by atoms with E-state index in [1.165, 1.54) is 22.9 Å². The molecule has 128 valence electrons. The van der Waals surface area contributed by atoms with Gasteiger partial charge in [-0.25, -0.2) is 0 Å². The Morgan fingerprint density at radius 2 is 1.75 bits per heavy atom. The molecule has 0 aromatic heterocycles. The summed E-state index contributed by atoms with van der Waals surface area (Å²) in [5.74, 6) is 1.09. The molecule has 2 aromatic carbocycles. The van der Waals surface area contributed by atoms with Crippen molar-refractivity contribution in [2.45, 2.75) is 25.5 Å². The van der Waals surface area contributed by atoms with Crippen molar-refractivity contribution in [1.82, 2.24) is 5.32 Å². The van der Waals surface area contributed by atoms with Gasteiger partial charge in [-0.1, -0.05) is 59.1 Å². The molecule has 0 aliphatic rings. The lowest BCUT2D eigenvalue weighted by molar-refractivity contribution is -0.118. The first kappa shape index (κ1) is 19.2. The number of thioether (sulfide) groups is 1. The van der Waals surface area contributed by atoms with E-state index >= 15 is 0 Å². The van der Waals surface area contributed by atoms with Gasteiger partial charge in [0.15, 0.2) is 0 Å². The minimum atomic E-state index is 0.0482. The monoisotopic (exact) mass is 381 g/mol. The first-order valence-corrected chi connectivity index (χ1v) is 9.80. The summed E-state index contributed by atoms with van der Waals surface area (Å²) in [5.41, 5.74) is 3.46. The van der Waals surface area contributed by atoms with Crippen LogP contribution in [0.4, 0.5) is 0 Å². The maximum Gasteiger partial charge on any atom is 0.230 e. The second-order valence-corrected chi connectivity index (χ2v) is 7.43. The van der Waals surface area contributed by atoms with Crippen LogP contribution in [0.5, 0.6) is 0 Å². The van der Waals surface area contributed by atoms with Gasteiger partial charge in [0.25, 0.3) is 0 Å². The minimum Gasteiger partial charge on any atom is -0.355 e. The highest BCUT2D eigenvalue weighted by molar-refractivity contribution is 7.99. The predicted molar refractivity (Wildman–Crippen MR) is 105 cm³/mol. The Kier molecular flexibility index (Phi) is 7.97. The second-order valence-electron chi connectivity index (χ2n) is 5.63. The van der Waals surface area contributed by atoms with Crippen LogP contribution in [0.2, 0.25) is 10.0 Å². The van der Waals surface area contributed by atoms with E-state index in [1.807, 2.05) is 18.2 Å². The molecule has 0 spiro atoms. The van der Waals surface area contributed by atoms with E-state index in [2.05, 4.69) is 36.5 Å². The molecule has 2 rings (SSSR count). The van der Waals surface area contributed by atoms with Crippen molar-refractivity contribution >= 4 is 40.9 Å². The summed E-state index contributed by atoms with van der Waals surface area (Å²) in [6, 6.07) is 14.0. The van der Waals surface area contributed by atoms with Gasteiger partial charge in [0, 0.05) is 22.3 Å². The highest BCUT2D eigenvalue weighted by Gasteiger charge is 2.07. The van der Waals surface area contributed by atoms with E-state index < -0.39 is 0 Å². The molecule has 0 bridgehead atoms. The van der Waals surface area contributed by atoms with Crippen LogP contribution in [-0.4, -0.2) is 18.2 Å². The summed E-state index contributed by atoms with van der Waals surface area (Å²) in [6.45, 7) is 2.78. The Balaban J connectivity index is 1.62. The Morgan fingerprint density at radius 1 is 1.08 bits per heavy atom. The van der Waals surface area contributed by atoms with Gasteiger partial charge in [0.1, 0.15) is 0 Å². The highest BCUT2D eigenvalue weighted by atomic mass is 35.5. The molecule has 0 radical (unpaired) electrons. The van der Waals surface area contributed by atoms with Crippen LogP contribution >= 0.6 is 35.0 Å². The number of aryl methyl sites for hydroxylation is 2. The lowest BCUT2D eigenvalue weighted by Crippen LogP contribution is -2.26. The summed E-state index contributed by atoms with van der Waals surface area (Å²) < 4.78 is 0. The Labute approximate surface area is 157 Å². The second kappa shape index (κ2) is 9.97. The molecule has 0 saturated carbocycles. The fraction of sp³-hybridized carbons (Fsp3) is 0.316. The lowest BCUT2D eigenvalue weighted by atomic mass is 10.1. The summed E-state index contributed by atoms with van der Waals surface area (Å²) in [7, 11) is 0. The largest absolute Gasteiger partial charge is 0.355 e. The summed E-state index contributed by atoms with van der Waals surface area (Å²) in [4.78, 5) is 11.9. The number of carbonyl (C=O) groups is 1. The Morgan fingerprint density at radius 3 is 2.42 bits per heavy atom. The summed E-state index contributed by atoms with van der Waals surface area (Å²) >= 11 is 13.8.